The van der Waals surface area contributed by atoms with Gasteiger partial charge < -0.3 is 19.7 Å². The van der Waals surface area contributed by atoms with Gasteiger partial charge in [-0.3, -0.25) is 0 Å². The van der Waals surface area contributed by atoms with Crippen molar-refractivity contribution in [3.8, 4) is 0 Å². The van der Waals surface area contributed by atoms with Crippen LogP contribution in [0.1, 0.15) is 25.7 Å². The minimum Gasteiger partial charge on any atom is -0.462 e. The van der Waals surface area contributed by atoms with Gasteiger partial charge in [0.05, 0.1) is 37.6 Å². The molecule has 0 atom stereocenters. The lowest BCUT2D eigenvalue weighted by atomic mass is 10.2. The minimum atomic E-state index is -0.580. The van der Waals surface area contributed by atoms with Crippen LogP contribution in [0.15, 0.2) is 24.3 Å². The number of aliphatic hydroxyl groups is 2. The van der Waals surface area contributed by atoms with Crippen LogP contribution >= 0.6 is 0 Å². The van der Waals surface area contributed by atoms with E-state index in [1.807, 2.05) is 0 Å². The van der Waals surface area contributed by atoms with Crippen molar-refractivity contribution >= 4 is 11.9 Å². The van der Waals surface area contributed by atoms with E-state index in [9.17, 15) is 9.59 Å². The second-order valence-electron chi connectivity index (χ2n) is 4.21. The zero-order valence-corrected chi connectivity index (χ0v) is 11.6. The van der Waals surface area contributed by atoms with Gasteiger partial charge in [-0.05, 0) is 25.7 Å². The highest BCUT2D eigenvalue weighted by Crippen LogP contribution is 2.03. The maximum atomic E-state index is 11.1. The van der Waals surface area contributed by atoms with E-state index < -0.39 is 25.2 Å². The van der Waals surface area contributed by atoms with Gasteiger partial charge in [-0.2, -0.15) is 0 Å². The van der Waals surface area contributed by atoms with Gasteiger partial charge in [-0.15, -0.1) is 0 Å². The molecule has 114 valence electrons. The van der Waals surface area contributed by atoms with Crippen LogP contribution in [0.4, 0.5) is 0 Å². The van der Waals surface area contributed by atoms with Crippen LogP contribution in [-0.2, 0) is 19.1 Å². The summed E-state index contributed by atoms with van der Waals surface area (Å²) in [4.78, 5) is 22.2. The van der Waals surface area contributed by atoms with E-state index in [1.54, 1.807) is 0 Å². The zero-order valence-electron chi connectivity index (χ0n) is 11.6. The number of carbonyl (C=O) groups is 2. The SMILES string of the molecule is C=C(CO)C(=O)OCCCCCCOC(=O)C(=C)CO. The Balaban J connectivity index is 3.42. The Morgan fingerprint density at radius 2 is 1.10 bits per heavy atom. The predicted octanol–water partition coefficient (Wildman–Crippen LogP) is 0.730. The Hall–Kier alpha value is -1.66. The molecule has 20 heavy (non-hydrogen) atoms. The minimum absolute atomic E-state index is 0.0426. The van der Waals surface area contributed by atoms with Crippen LogP contribution < -0.4 is 0 Å². The number of hydrogen-bond acceptors (Lipinski definition) is 6. The molecule has 0 aromatic carbocycles. The van der Waals surface area contributed by atoms with Crippen molar-refractivity contribution in [3.05, 3.63) is 24.3 Å². The van der Waals surface area contributed by atoms with E-state index in [-0.39, 0.29) is 24.4 Å². The summed E-state index contributed by atoms with van der Waals surface area (Å²) < 4.78 is 9.72. The monoisotopic (exact) mass is 286 g/mol. The first kappa shape index (κ1) is 18.3. The summed E-state index contributed by atoms with van der Waals surface area (Å²) in [5.41, 5.74) is 0.0852. The maximum Gasteiger partial charge on any atom is 0.335 e. The molecule has 0 heterocycles. The van der Waals surface area contributed by atoms with Crippen LogP contribution in [0, 0.1) is 0 Å². The van der Waals surface area contributed by atoms with Crippen molar-refractivity contribution < 1.29 is 29.3 Å². The molecule has 0 aromatic rings. The second-order valence-corrected chi connectivity index (χ2v) is 4.21. The third kappa shape index (κ3) is 8.44. The summed E-state index contributed by atoms with van der Waals surface area (Å²) in [7, 11) is 0. The molecule has 0 aromatic heterocycles. The lowest BCUT2D eigenvalue weighted by Crippen LogP contribution is -2.11. The highest BCUT2D eigenvalue weighted by Gasteiger charge is 2.07. The molecule has 0 amide bonds. The molecular weight excluding hydrogens is 264 g/mol. The van der Waals surface area contributed by atoms with E-state index in [0.717, 1.165) is 12.8 Å². The van der Waals surface area contributed by atoms with Crippen molar-refractivity contribution in [1.29, 1.82) is 0 Å². The van der Waals surface area contributed by atoms with Crippen LogP contribution in [0.25, 0.3) is 0 Å². The molecule has 0 fully saturated rings. The zero-order chi connectivity index (χ0) is 15.4. The molecule has 0 bridgehead atoms. The van der Waals surface area contributed by atoms with Gasteiger partial charge in [-0.1, -0.05) is 13.2 Å². The third-order valence-electron chi connectivity index (χ3n) is 2.46. The van der Waals surface area contributed by atoms with Gasteiger partial charge in [-0.25, -0.2) is 9.59 Å². The molecule has 0 rings (SSSR count). The average Bonchev–Trinajstić information content (AvgIpc) is 2.47. The third-order valence-corrected chi connectivity index (χ3v) is 2.46. The Bertz CT molecular complexity index is 314. The summed E-state index contributed by atoms with van der Waals surface area (Å²) in [6.07, 6.45) is 3.05. The predicted molar refractivity (Wildman–Crippen MR) is 72.8 cm³/mol. The number of hydrogen-bond donors (Lipinski definition) is 2. The van der Waals surface area contributed by atoms with Gasteiger partial charge in [0.25, 0.3) is 0 Å². The standard InChI is InChI=1S/C14H22O6/c1-11(9-15)13(17)19-7-5-3-4-6-8-20-14(18)12(2)10-16/h15-16H,1-10H2. The largest absolute Gasteiger partial charge is 0.462 e. The fourth-order valence-electron chi connectivity index (χ4n) is 1.22. The number of aliphatic hydroxyl groups excluding tert-OH is 2. The average molecular weight is 286 g/mol. The molecule has 0 spiro atoms. The molecular formula is C14H22O6. The molecule has 6 heteroatoms. The molecule has 0 aliphatic heterocycles. The first-order chi connectivity index (χ1) is 9.52. The fraction of sp³-hybridized carbons (Fsp3) is 0.571. The molecule has 0 unspecified atom stereocenters. The Labute approximate surface area is 118 Å². The van der Waals surface area contributed by atoms with Crippen molar-refractivity contribution in [2.45, 2.75) is 25.7 Å². The topological polar surface area (TPSA) is 93.1 Å². The van der Waals surface area contributed by atoms with Crippen molar-refractivity contribution in [1.82, 2.24) is 0 Å². The maximum absolute atomic E-state index is 11.1. The quantitative estimate of drug-likeness (QED) is 0.330. The van der Waals surface area contributed by atoms with Gasteiger partial charge >= 0.3 is 11.9 Å². The lowest BCUT2D eigenvalue weighted by Gasteiger charge is -2.06. The Morgan fingerprint density at radius 3 is 1.40 bits per heavy atom. The highest BCUT2D eigenvalue weighted by atomic mass is 16.5. The smallest absolute Gasteiger partial charge is 0.335 e. The molecule has 2 N–H and O–H groups in total. The van der Waals surface area contributed by atoms with Crippen LogP contribution in [0.2, 0.25) is 0 Å². The molecule has 0 aliphatic carbocycles. The summed E-state index contributed by atoms with van der Waals surface area (Å²) in [5.74, 6) is -1.16. The van der Waals surface area contributed by atoms with E-state index >= 15 is 0 Å². The van der Waals surface area contributed by atoms with E-state index in [1.165, 1.54) is 0 Å². The van der Waals surface area contributed by atoms with Gasteiger partial charge in [0.2, 0.25) is 0 Å². The summed E-state index contributed by atoms with van der Waals surface area (Å²) in [6, 6.07) is 0. The Kier molecular flexibility index (Phi) is 10.3. The number of rotatable bonds is 11. The van der Waals surface area contributed by atoms with Gasteiger partial charge in [0, 0.05) is 0 Å². The van der Waals surface area contributed by atoms with Gasteiger partial charge in [0.15, 0.2) is 0 Å². The van der Waals surface area contributed by atoms with E-state index in [0.29, 0.717) is 12.8 Å². The van der Waals surface area contributed by atoms with Crippen LogP contribution in [-0.4, -0.2) is 48.6 Å². The van der Waals surface area contributed by atoms with Crippen molar-refractivity contribution in [2.24, 2.45) is 0 Å². The number of ether oxygens (including phenoxy) is 2. The molecule has 0 radical (unpaired) electrons. The first-order valence-electron chi connectivity index (χ1n) is 6.44. The van der Waals surface area contributed by atoms with Crippen LogP contribution in [0.3, 0.4) is 0 Å². The van der Waals surface area contributed by atoms with Crippen molar-refractivity contribution in [3.63, 3.8) is 0 Å². The normalized spacial score (nSPS) is 9.90. The number of unbranched alkanes of at least 4 members (excludes halogenated alkanes) is 3. The number of carbonyl (C=O) groups excluding carboxylic acids is 2. The number of esters is 2. The Morgan fingerprint density at radius 1 is 0.750 bits per heavy atom. The van der Waals surface area contributed by atoms with E-state index in [2.05, 4.69) is 13.2 Å². The van der Waals surface area contributed by atoms with Gasteiger partial charge in [0.1, 0.15) is 0 Å². The summed E-state index contributed by atoms with van der Waals surface area (Å²) in [5, 5.41) is 17.3. The van der Waals surface area contributed by atoms with Crippen molar-refractivity contribution in [2.75, 3.05) is 26.4 Å². The van der Waals surface area contributed by atoms with E-state index in [4.69, 9.17) is 19.7 Å². The first-order valence-corrected chi connectivity index (χ1v) is 6.44. The fourth-order valence-corrected chi connectivity index (χ4v) is 1.22. The van der Waals surface area contributed by atoms with Crippen LogP contribution in [0.5, 0.6) is 0 Å². The second kappa shape index (κ2) is 11.2. The highest BCUT2D eigenvalue weighted by molar-refractivity contribution is 5.88. The molecule has 0 aliphatic rings. The summed E-state index contributed by atoms with van der Waals surface area (Å²) in [6.45, 7) is 6.46. The lowest BCUT2D eigenvalue weighted by molar-refractivity contribution is -0.140. The summed E-state index contributed by atoms with van der Waals surface area (Å²) >= 11 is 0. The molecule has 6 nitrogen and oxygen atoms in total. The molecule has 0 saturated carbocycles. The molecule has 0 saturated heterocycles.